The third-order valence-corrected chi connectivity index (χ3v) is 2.61. The summed E-state index contributed by atoms with van der Waals surface area (Å²) in [6.45, 7) is 0. The lowest BCUT2D eigenvalue weighted by atomic mass is 10.2. The number of aromatic nitrogens is 1. The molecule has 2 aromatic rings. The summed E-state index contributed by atoms with van der Waals surface area (Å²) < 4.78 is 0. The van der Waals surface area contributed by atoms with E-state index in [2.05, 4.69) is 27.3 Å². The topological polar surface area (TPSA) is 28.2 Å². The number of hydrogen-bond donors (Lipinski definition) is 1. The normalized spacial score (nSPS) is 10.1. The van der Waals surface area contributed by atoms with Gasteiger partial charge < -0.3 is 10.2 Å². The van der Waals surface area contributed by atoms with E-state index in [9.17, 15) is 0 Å². The maximum Gasteiger partial charge on any atom is 0.131 e. The fraction of sp³-hybridized carbons (Fsp3) is 0.154. The van der Waals surface area contributed by atoms with E-state index in [0.717, 1.165) is 11.4 Å². The molecule has 88 valence electrons. The second kappa shape index (κ2) is 5.06. The smallest absolute Gasteiger partial charge is 0.131 e. The molecule has 0 atom stereocenters. The Morgan fingerprint density at radius 1 is 1.06 bits per heavy atom. The van der Waals surface area contributed by atoms with Crippen LogP contribution in [-0.2, 0) is 0 Å². The van der Waals surface area contributed by atoms with Crippen molar-refractivity contribution in [1.29, 1.82) is 0 Å². The predicted octanol–water partition coefficient (Wildman–Crippen LogP) is 3.54. The zero-order valence-corrected chi connectivity index (χ0v) is 10.6. The maximum absolute atomic E-state index is 5.82. The number of nitrogens with zero attached hydrogens (tertiary/aromatic N) is 2. The van der Waals surface area contributed by atoms with Gasteiger partial charge in [-0.15, -0.1) is 0 Å². The molecule has 0 saturated heterocycles. The van der Waals surface area contributed by atoms with Crippen molar-refractivity contribution in [3.63, 3.8) is 0 Å². The second-order valence-electron chi connectivity index (χ2n) is 3.93. The van der Waals surface area contributed by atoms with Crippen molar-refractivity contribution < 1.29 is 0 Å². The third kappa shape index (κ3) is 3.11. The first-order valence-electron chi connectivity index (χ1n) is 5.31. The number of rotatable bonds is 3. The lowest BCUT2D eigenvalue weighted by molar-refractivity contribution is 1.13. The Balaban J connectivity index is 2.14. The minimum atomic E-state index is 0.486. The molecule has 1 heterocycles. The van der Waals surface area contributed by atoms with E-state index in [1.165, 1.54) is 5.69 Å². The lowest BCUT2D eigenvalue weighted by Crippen LogP contribution is -2.08. The predicted molar refractivity (Wildman–Crippen MR) is 73.3 cm³/mol. The Bertz CT molecular complexity index is 494. The van der Waals surface area contributed by atoms with Crippen molar-refractivity contribution >= 4 is 28.7 Å². The first-order valence-corrected chi connectivity index (χ1v) is 5.69. The molecule has 0 aliphatic rings. The summed E-state index contributed by atoms with van der Waals surface area (Å²) in [5.74, 6) is 0. The molecule has 0 radical (unpaired) electrons. The van der Waals surface area contributed by atoms with E-state index >= 15 is 0 Å². The molecule has 1 aromatic carbocycles. The number of halogens is 1. The molecule has 4 heteroatoms. The van der Waals surface area contributed by atoms with Gasteiger partial charge in [0.25, 0.3) is 0 Å². The lowest BCUT2D eigenvalue weighted by Gasteiger charge is -2.13. The van der Waals surface area contributed by atoms with Crippen LogP contribution in [0.2, 0.25) is 5.15 Å². The van der Waals surface area contributed by atoms with Crippen LogP contribution in [0, 0.1) is 0 Å². The van der Waals surface area contributed by atoms with Gasteiger partial charge in [0.1, 0.15) is 5.15 Å². The van der Waals surface area contributed by atoms with Crippen LogP contribution >= 0.6 is 11.6 Å². The monoisotopic (exact) mass is 247 g/mol. The number of hydrogen-bond acceptors (Lipinski definition) is 3. The van der Waals surface area contributed by atoms with Gasteiger partial charge in [0.2, 0.25) is 0 Å². The highest BCUT2D eigenvalue weighted by molar-refractivity contribution is 6.29. The van der Waals surface area contributed by atoms with Crippen molar-refractivity contribution in [2.24, 2.45) is 0 Å². The van der Waals surface area contributed by atoms with Gasteiger partial charge in [0.15, 0.2) is 0 Å². The van der Waals surface area contributed by atoms with E-state index in [4.69, 9.17) is 11.6 Å². The molecular weight excluding hydrogens is 234 g/mol. The summed E-state index contributed by atoms with van der Waals surface area (Å²) in [6.07, 6.45) is 1.68. The highest BCUT2D eigenvalue weighted by Crippen LogP contribution is 2.21. The van der Waals surface area contributed by atoms with Crippen molar-refractivity contribution in [3.8, 4) is 0 Å². The molecule has 2 rings (SSSR count). The molecular formula is C13H14ClN3. The molecule has 0 amide bonds. The van der Waals surface area contributed by atoms with Gasteiger partial charge in [0, 0.05) is 37.4 Å². The number of benzene rings is 1. The largest absolute Gasteiger partial charge is 0.378 e. The molecule has 1 N–H and O–H groups in total. The molecule has 1 aromatic heterocycles. The van der Waals surface area contributed by atoms with Crippen molar-refractivity contribution in [1.82, 2.24) is 4.98 Å². The van der Waals surface area contributed by atoms with Crippen molar-refractivity contribution in [2.75, 3.05) is 24.3 Å². The van der Waals surface area contributed by atoms with E-state index in [1.807, 2.05) is 32.3 Å². The highest BCUT2D eigenvalue weighted by Gasteiger charge is 1.98. The summed E-state index contributed by atoms with van der Waals surface area (Å²) in [4.78, 5) is 6.00. The van der Waals surface area contributed by atoms with Gasteiger partial charge in [-0.1, -0.05) is 11.6 Å². The Morgan fingerprint density at radius 2 is 1.76 bits per heavy atom. The number of pyridine rings is 1. The SMILES string of the molecule is CN(C)c1ccc(Nc2ccnc(Cl)c2)cc1. The molecule has 0 unspecified atom stereocenters. The van der Waals surface area contributed by atoms with E-state index in [1.54, 1.807) is 12.3 Å². The minimum Gasteiger partial charge on any atom is -0.378 e. The van der Waals surface area contributed by atoms with Gasteiger partial charge in [-0.05, 0) is 36.4 Å². The van der Waals surface area contributed by atoms with Crippen LogP contribution in [-0.4, -0.2) is 19.1 Å². The zero-order valence-electron chi connectivity index (χ0n) is 9.81. The fourth-order valence-corrected chi connectivity index (χ4v) is 1.66. The van der Waals surface area contributed by atoms with Crippen molar-refractivity contribution in [2.45, 2.75) is 0 Å². The molecule has 0 fully saturated rings. The van der Waals surface area contributed by atoms with Crippen LogP contribution < -0.4 is 10.2 Å². The summed E-state index contributed by atoms with van der Waals surface area (Å²) in [7, 11) is 4.04. The van der Waals surface area contributed by atoms with Gasteiger partial charge in [-0.2, -0.15) is 0 Å². The highest BCUT2D eigenvalue weighted by atomic mass is 35.5. The van der Waals surface area contributed by atoms with E-state index in [-0.39, 0.29) is 0 Å². The number of anilines is 3. The van der Waals surface area contributed by atoms with Crippen LogP contribution in [0.25, 0.3) is 0 Å². The number of nitrogens with one attached hydrogen (secondary N) is 1. The Labute approximate surface area is 106 Å². The Hall–Kier alpha value is -1.74. The first kappa shape index (κ1) is 11.7. The first-order chi connectivity index (χ1) is 8.15. The van der Waals surface area contributed by atoms with Gasteiger partial charge in [0.05, 0.1) is 0 Å². The second-order valence-corrected chi connectivity index (χ2v) is 4.32. The summed E-state index contributed by atoms with van der Waals surface area (Å²) in [5.41, 5.74) is 3.13. The Kier molecular flexibility index (Phi) is 3.49. The summed E-state index contributed by atoms with van der Waals surface area (Å²) in [6, 6.07) is 11.9. The average molecular weight is 248 g/mol. The molecule has 3 nitrogen and oxygen atoms in total. The van der Waals surface area contributed by atoms with Crippen LogP contribution in [0.15, 0.2) is 42.6 Å². The van der Waals surface area contributed by atoms with Crippen LogP contribution in [0.3, 0.4) is 0 Å². The van der Waals surface area contributed by atoms with E-state index < -0.39 is 0 Å². The molecule has 0 aliphatic heterocycles. The van der Waals surface area contributed by atoms with Gasteiger partial charge in [-0.3, -0.25) is 0 Å². The Morgan fingerprint density at radius 3 is 2.35 bits per heavy atom. The van der Waals surface area contributed by atoms with Crippen LogP contribution in [0.1, 0.15) is 0 Å². The van der Waals surface area contributed by atoms with Crippen LogP contribution in [0.5, 0.6) is 0 Å². The van der Waals surface area contributed by atoms with Gasteiger partial charge in [-0.25, -0.2) is 4.98 Å². The fourth-order valence-electron chi connectivity index (χ4n) is 1.49. The van der Waals surface area contributed by atoms with Gasteiger partial charge >= 0.3 is 0 Å². The molecule has 17 heavy (non-hydrogen) atoms. The molecule has 0 saturated carbocycles. The average Bonchev–Trinajstić information content (AvgIpc) is 2.29. The summed E-state index contributed by atoms with van der Waals surface area (Å²) >= 11 is 5.82. The molecule has 0 spiro atoms. The minimum absolute atomic E-state index is 0.486. The zero-order chi connectivity index (χ0) is 12.3. The van der Waals surface area contributed by atoms with Crippen LogP contribution in [0.4, 0.5) is 17.1 Å². The summed E-state index contributed by atoms with van der Waals surface area (Å²) in [5, 5.41) is 3.75. The van der Waals surface area contributed by atoms with Crippen molar-refractivity contribution in [3.05, 3.63) is 47.7 Å². The quantitative estimate of drug-likeness (QED) is 0.841. The third-order valence-electron chi connectivity index (χ3n) is 2.40. The standard InChI is InChI=1S/C13H14ClN3/c1-17(2)12-5-3-10(4-6-12)16-11-7-8-15-13(14)9-11/h3-9H,1-2H3,(H,15,16). The molecule has 0 bridgehead atoms. The van der Waals surface area contributed by atoms with E-state index in [0.29, 0.717) is 5.15 Å². The molecule has 0 aliphatic carbocycles. The maximum atomic E-state index is 5.82.